The Morgan fingerprint density at radius 2 is 1.76 bits per heavy atom. The summed E-state index contributed by atoms with van der Waals surface area (Å²) in [5.41, 5.74) is 3.91. The van der Waals surface area contributed by atoms with Gasteiger partial charge in [0.15, 0.2) is 0 Å². The third-order valence-electron chi connectivity index (χ3n) is 12.0. The van der Waals surface area contributed by atoms with Crippen LogP contribution in [0.2, 0.25) is 0 Å². The first kappa shape index (κ1) is 20.6. The van der Waals surface area contributed by atoms with Gasteiger partial charge >= 0.3 is 0 Å². The Morgan fingerprint density at radius 3 is 2.52 bits per heavy atom. The van der Waals surface area contributed by atoms with E-state index in [0.717, 1.165) is 36.5 Å². The van der Waals surface area contributed by atoms with Gasteiger partial charge in [0.25, 0.3) is 0 Å². The van der Waals surface area contributed by atoms with Crippen LogP contribution >= 0.6 is 0 Å². The van der Waals surface area contributed by atoms with E-state index in [1.54, 1.807) is 0 Å². The molecule has 0 unspecified atom stereocenters. The van der Waals surface area contributed by atoms with E-state index in [-0.39, 0.29) is 6.10 Å². The zero-order valence-electron chi connectivity index (χ0n) is 19.9. The maximum Gasteiger partial charge on any atom is 0.0543 e. The fourth-order valence-corrected chi connectivity index (χ4v) is 10.4. The van der Waals surface area contributed by atoms with E-state index in [2.05, 4.69) is 40.7 Å². The maximum absolute atomic E-state index is 10.3. The van der Waals surface area contributed by atoms with Crippen LogP contribution in [0.1, 0.15) is 112 Å². The molecule has 5 saturated carbocycles. The lowest BCUT2D eigenvalue weighted by Crippen LogP contribution is -2.55. The lowest BCUT2D eigenvalue weighted by molar-refractivity contribution is -0.133. The molecule has 5 rings (SSSR count). The lowest BCUT2D eigenvalue weighted by atomic mass is 9.43. The second-order valence-electron chi connectivity index (χ2n) is 13.1. The number of hydrogen-bond acceptors (Lipinski definition) is 1. The standard InChI is InChI=1S/C28H46O/c1-19(2)7-6-8-20(3)23-12-13-26(5)24-10-9-21-17-22(29)11-14-27(21)18-28(24,27)16-15-25(23,26)4/h7,20-24,29H,6,8-18H2,1-5H3/t20-,21+,22+,23-,24+,25-,26+,27-,28-/m1/s1. The van der Waals surface area contributed by atoms with Crippen molar-refractivity contribution in [2.45, 2.75) is 118 Å². The van der Waals surface area contributed by atoms with E-state index >= 15 is 0 Å². The molecule has 0 aromatic rings. The zero-order chi connectivity index (χ0) is 20.7. The van der Waals surface area contributed by atoms with E-state index in [9.17, 15) is 5.11 Å². The largest absolute Gasteiger partial charge is 0.393 e. The number of rotatable bonds is 4. The molecule has 5 aliphatic carbocycles. The molecular weight excluding hydrogens is 352 g/mol. The van der Waals surface area contributed by atoms with Crippen LogP contribution in [0.25, 0.3) is 0 Å². The number of allylic oxidation sites excluding steroid dienone is 2. The molecule has 0 bridgehead atoms. The van der Waals surface area contributed by atoms with Crippen LogP contribution in [0.3, 0.4) is 0 Å². The Kier molecular flexibility index (Phi) is 4.69. The minimum Gasteiger partial charge on any atom is -0.393 e. The predicted octanol–water partition coefficient (Wildman–Crippen LogP) is 7.53. The average Bonchev–Trinajstić information content (AvgIpc) is 3.24. The van der Waals surface area contributed by atoms with Gasteiger partial charge < -0.3 is 5.11 Å². The van der Waals surface area contributed by atoms with E-state index < -0.39 is 0 Å². The van der Waals surface area contributed by atoms with Gasteiger partial charge in [-0.15, -0.1) is 0 Å². The van der Waals surface area contributed by atoms with Crippen LogP contribution in [0.4, 0.5) is 0 Å². The van der Waals surface area contributed by atoms with Gasteiger partial charge in [-0.3, -0.25) is 0 Å². The van der Waals surface area contributed by atoms with Crippen LogP contribution < -0.4 is 0 Å². The van der Waals surface area contributed by atoms with Crippen molar-refractivity contribution in [3.8, 4) is 0 Å². The van der Waals surface area contributed by atoms with Crippen molar-refractivity contribution in [3.05, 3.63) is 11.6 Å². The molecule has 1 N–H and O–H groups in total. The van der Waals surface area contributed by atoms with Crippen molar-refractivity contribution >= 4 is 0 Å². The molecule has 164 valence electrons. The number of aliphatic hydroxyl groups is 1. The summed E-state index contributed by atoms with van der Waals surface area (Å²) in [5.74, 6) is 3.60. The summed E-state index contributed by atoms with van der Waals surface area (Å²) in [5, 5.41) is 10.3. The van der Waals surface area contributed by atoms with Gasteiger partial charge in [0, 0.05) is 0 Å². The molecular formula is C28H46O. The molecule has 0 radical (unpaired) electrons. The highest BCUT2D eigenvalue weighted by Crippen LogP contribution is 2.87. The van der Waals surface area contributed by atoms with E-state index in [0.29, 0.717) is 21.7 Å². The van der Waals surface area contributed by atoms with Crippen molar-refractivity contribution in [1.29, 1.82) is 0 Å². The molecule has 5 fully saturated rings. The third kappa shape index (κ3) is 2.61. The minimum atomic E-state index is 0.00165. The summed E-state index contributed by atoms with van der Waals surface area (Å²) in [4.78, 5) is 0. The van der Waals surface area contributed by atoms with E-state index in [4.69, 9.17) is 0 Å². The Bertz CT molecular complexity index is 690. The van der Waals surface area contributed by atoms with E-state index in [1.165, 1.54) is 69.8 Å². The summed E-state index contributed by atoms with van der Waals surface area (Å²) in [6, 6.07) is 0. The highest BCUT2D eigenvalue weighted by Gasteiger charge is 2.80. The van der Waals surface area contributed by atoms with Gasteiger partial charge in [-0.2, -0.15) is 0 Å². The van der Waals surface area contributed by atoms with Gasteiger partial charge in [0.1, 0.15) is 0 Å². The Labute approximate surface area is 180 Å². The minimum absolute atomic E-state index is 0.00165. The molecule has 0 amide bonds. The Morgan fingerprint density at radius 1 is 0.966 bits per heavy atom. The quantitative estimate of drug-likeness (QED) is 0.485. The highest BCUT2D eigenvalue weighted by atomic mass is 16.3. The Balaban J connectivity index is 1.38. The SMILES string of the molecule is CC(C)=CCC[C@@H](C)[C@H]1CC[C@@]2(C)[C@@H]3CC[C@H]4C[C@@H](O)CC[C@@]45C[C@]35CC[C@]12C. The highest BCUT2D eigenvalue weighted by molar-refractivity contribution is 5.29. The molecule has 0 heterocycles. The van der Waals surface area contributed by atoms with Crippen LogP contribution in [-0.4, -0.2) is 11.2 Å². The summed E-state index contributed by atoms with van der Waals surface area (Å²) in [7, 11) is 0. The van der Waals surface area contributed by atoms with Crippen molar-refractivity contribution < 1.29 is 5.11 Å². The molecule has 1 nitrogen and oxygen atoms in total. The lowest BCUT2D eigenvalue weighted by Gasteiger charge is -2.61. The zero-order valence-corrected chi connectivity index (χ0v) is 19.9. The van der Waals surface area contributed by atoms with Crippen molar-refractivity contribution in [2.75, 3.05) is 0 Å². The molecule has 29 heavy (non-hydrogen) atoms. The Hall–Kier alpha value is -0.300. The van der Waals surface area contributed by atoms with Gasteiger partial charge in [-0.05, 0) is 136 Å². The summed E-state index contributed by atoms with van der Waals surface area (Å²) in [6.45, 7) is 12.5. The van der Waals surface area contributed by atoms with Crippen LogP contribution in [0.15, 0.2) is 11.6 Å². The van der Waals surface area contributed by atoms with Crippen LogP contribution in [0, 0.1) is 45.3 Å². The molecule has 1 heteroatoms. The number of aliphatic hydroxyl groups excluding tert-OH is 1. The monoisotopic (exact) mass is 398 g/mol. The maximum atomic E-state index is 10.3. The van der Waals surface area contributed by atoms with E-state index in [1.807, 2.05) is 0 Å². The summed E-state index contributed by atoms with van der Waals surface area (Å²) in [6.07, 6.45) is 19.0. The van der Waals surface area contributed by atoms with Gasteiger partial charge in [0.2, 0.25) is 0 Å². The molecule has 0 aromatic heterocycles. The summed E-state index contributed by atoms with van der Waals surface area (Å²) < 4.78 is 0. The average molecular weight is 399 g/mol. The first-order valence-corrected chi connectivity index (χ1v) is 13.0. The summed E-state index contributed by atoms with van der Waals surface area (Å²) >= 11 is 0. The second-order valence-corrected chi connectivity index (χ2v) is 13.1. The predicted molar refractivity (Wildman–Crippen MR) is 122 cm³/mol. The van der Waals surface area contributed by atoms with Gasteiger partial charge in [-0.25, -0.2) is 0 Å². The van der Waals surface area contributed by atoms with Crippen LogP contribution in [-0.2, 0) is 0 Å². The molecule has 0 aromatic carbocycles. The number of hydrogen-bond donors (Lipinski definition) is 1. The van der Waals surface area contributed by atoms with Gasteiger partial charge in [-0.1, -0.05) is 32.4 Å². The first-order valence-electron chi connectivity index (χ1n) is 13.0. The number of fused-ring (bicyclic) bond motifs is 2. The van der Waals surface area contributed by atoms with Crippen molar-refractivity contribution in [1.82, 2.24) is 0 Å². The third-order valence-corrected chi connectivity index (χ3v) is 12.0. The second kappa shape index (κ2) is 6.60. The van der Waals surface area contributed by atoms with Crippen LogP contribution in [0.5, 0.6) is 0 Å². The van der Waals surface area contributed by atoms with Crippen molar-refractivity contribution in [2.24, 2.45) is 45.3 Å². The molecule has 5 aliphatic rings. The molecule has 2 spiro atoms. The molecule has 0 aliphatic heterocycles. The smallest absolute Gasteiger partial charge is 0.0543 e. The van der Waals surface area contributed by atoms with Crippen molar-refractivity contribution in [3.63, 3.8) is 0 Å². The topological polar surface area (TPSA) is 20.2 Å². The normalized spacial score (nSPS) is 53.9. The first-order chi connectivity index (χ1) is 13.7. The fraction of sp³-hybridized carbons (Fsp3) is 0.929. The fourth-order valence-electron chi connectivity index (χ4n) is 10.4. The van der Waals surface area contributed by atoms with Gasteiger partial charge in [0.05, 0.1) is 6.10 Å². The molecule has 9 atom stereocenters. The molecule has 0 saturated heterocycles.